The summed E-state index contributed by atoms with van der Waals surface area (Å²) >= 11 is 5.61. The number of halogens is 1. The summed E-state index contributed by atoms with van der Waals surface area (Å²) in [7, 11) is 0. The van der Waals surface area contributed by atoms with E-state index in [0.717, 1.165) is 34.5 Å². The molecule has 0 amide bonds. The Labute approximate surface area is 144 Å². The van der Waals surface area contributed by atoms with Gasteiger partial charge < -0.3 is 11.5 Å². The number of nitrogen functional groups attached to an aromatic ring is 2. The second-order valence-corrected chi connectivity index (χ2v) is 7.22. The number of nitrogens with zero attached hydrogens (tertiary/aromatic N) is 2. The summed E-state index contributed by atoms with van der Waals surface area (Å²) < 4.78 is 1.29. The van der Waals surface area contributed by atoms with E-state index in [1.54, 1.807) is 23.5 Å². The molecule has 0 aliphatic heterocycles. The SMILES string of the molecule is CCCI.CCCSc1nc(N)c(N)c(SCCC)n1. The number of alkyl halides is 1. The number of anilines is 2. The molecular formula is C13H25IN4S2. The van der Waals surface area contributed by atoms with Crippen LogP contribution in [-0.2, 0) is 0 Å². The molecule has 0 bridgehead atoms. The standard InChI is InChI=1S/C10H18N4S2.C3H7I/c1-3-5-15-9-7(11)8(12)13-10(14-9)16-6-4-2;1-2-3-4/h3-6,11H2,1-2H3,(H2,12,13,14);2-3H2,1H3. The summed E-state index contributed by atoms with van der Waals surface area (Å²) in [5, 5.41) is 1.54. The van der Waals surface area contributed by atoms with Crippen molar-refractivity contribution in [1.29, 1.82) is 0 Å². The van der Waals surface area contributed by atoms with Crippen molar-refractivity contribution in [2.24, 2.45) is 0 Å². The molecule has 1 aromatic heterocycles. The molecule has 4 nitrogen and oxygen atoms in total. The minimum absolute atomic E-state index is 0.396. The number of hydrogen-bond donors (Lipinski definition) is 2. The van der Waals surface area contributed by atoms with Gasteiger partial charge in [-0.05, 0) is 29.4 Å². The van der Waals surface area contributed by atoms with Gasteiger partial charge in [-0.3, -0.25) is 0 Å². The van der Waals surface area contributed by atoms with Crippen LogP contribution in [0.5, 0.6) is 0 Å². The van der Waals surface area contributed by atoms with Crippen LogP contribution in [0, 0.1) is 0 Å². The minimum atomic E-state index is 0.396. The van der Waals surface area contributed by atoms with Gasteiger partial charge in [-0.1, -0.05) is 55.1 Å². The monoisotopic (exact) mass is 428 g/mol. The Morgan fingerprint density at radius 2 is 1.50 bits per heavy atom. The maximum absolute atomic E-state index is 5.84. The first kappa shape index (κ1) is 20.1. The molecule has 0 aromatic carbocycles. The molecule has 0 atom stereocenters. The van der Waals surface area contributed by atoms with Crippen molar-refractivity contribution in [1.82, 2.24) is 9.97 Å². The molecule has 0 saturated carbocycles. The van der Waals surface area contributed by atoms with Crippen LogP contribution in [0.3, 0.4) is 0 Å². The average molecular weight is 428 g/mol. The van der Waals surface area contributed by atoms with Gasteiger partial charge in [-0.15, -0.1) is 11.8 Å². The molecule has 0 fully saturated rings. The summed E-state index contributed by atoms with van der Waals surface area (Å²) in [5.74, 6) is 2.40. The molecule has 0 spiro atoms. The third-order valence-electron chi connectivity index (χ3n) is 1.99. The van der Waals surface area contributed by atoms with Gasteiger partial charge in [0, 0.05) is 5.75 Å². The molecule has 0 saturated heterocycles. The van der Waals surface area contributed by atoms with Crippen molar-refractivity contribution in [2.45, 2.75) is 50.2 Å². The predicted molar refractivity (Wildman–Crippen MR) is 102 cm³/mol. The van der Waals surface area contributed by atoms with E-state index in [-0.39, 0.29) is 0 Å². The quantitative estimate of drug-likeness (QED) is 0.219. The zero-order valence-electron chi connectivity index (χ0n) is 12.5. The second kappa shape index (κ2) is 12.8. The van der Waals surface area contributed by atoms with E-state index < -0.39 is 0 Å². The highest BCUT2D eigenvalue weighted by atomic mass is 127. The lowest BCUT2D eigenvalue weighted by molar-refractivity contribution is 0.902. The van der Waals surface area contributed by atoms with Crippen LogP contribution in [0.1, 0.15) is 40.0 Å². The molecule has 0 aliphatic rings. The number of nitrogens with two attached hydrogens (primary N) is 2. The van der Waals surface area contributed by atoms with Gasteiger partial charge >= 0.3 is 0 Å². The lowest BCUT2D eigenvalue weighted by Gasteiger charge is -2.08. The Hall–Kier alpha value is 0.110. The molecule has 4 N–H and O–H groups in total. The summed E-state index contributed by atoms with van der Waals surface area (Å²) in [6.45, 7) is 6.42. The first-order valence-electron chi connectivity index (χ1n) is 6.85. The molecule has 1 aromatic rings. The number of aromatic nitrogens is 2. The zero-order chi connectivity index (χ0) is 15.4. The molecule has 1 heterocycles. The Morgan fingerprint density at radius 3 is 2.00 bits per heavy atom. The largest absolute Gasteiger partial charge is 0.394 e. The Bertz CT molecular complexity index is 376. The van der Waals surface area contributed by atoms with Crippen LogP contribution in [0.25, 0.3) is 0 Å². The summed E-state index contributed by atoms with van der Waals surface area (Å²) in [6.07, 6.45) is 3.49. The first-order chi connectivity index (χ1) is 9.60. The maximum Gasteiger partial charge on any atom is 0.190 e. The fraction of sp³-hybridized carbons (Fsp3) is 0.692. The van der Waals surface area contributed by atoms with E-state index in [1.807, 2.05) is 0 Å². The van der Waals surface area contributed by atoms with E-state index in [4.69, 9.17) is 11.5 Å². The predicted octanol–water partition coefficient (Wildman–Crippen LogP) is 4.48. The minimum Gasteiger partial charge on any atom is -0.394 e. The summed E-state index contributed by atoms with van der Waals surface area (Å²) in [6, 6.07) is 0. The van der Waals surface area contributed by atoms with E-state index in [9.17, 15) is 0 Å². The normalized spacial score (nSPS) is 10.0. The third-order valence-corrected chi connectivity index (χ3v) is 5.32. The number of rotatable bonds is 7. The van der Waals surface area contributed by atoms with Gasteiger partial charge in [0.15, 0.2) is 11.0 Å². The maximum atomic E-state index is 5.84. The highest BCUT2D eigenvalue weighted by Gasteiger charge is 2.09. The van der Waals surface area contributed by atoms with Gasteiger partial charge in [0.1, 0.15) is 10.7 Å². The van der Waals surface area contributed by atoms with Crippen molar-refractivity contribution in [3.8, 4) is 0 Å². The molecule has 116 valence electrons. The fourth-order valence-electron chi connectivity index (χ4n) is 1.01. The summed E-state index contributed by atoms with van der Waals surface area (Å²) in [5.41, 5.74) is 12.1. The van der Waals surface area contributed by atoms with E-state index >= 15 is 0 Å². The van der Waals surface area contributed by atoms with Crippen molar-refractivity contribution in [3.63, 3.8) is 0 Å². The van der Waals surface area contributed by atoms with Crippen molar-refractivity contribution in [3.05, 3.63) is 0 Å². The van der Waals surface area contributed by atoms with Crippen LogP contribution in [0.4, 0.5) is 11.5 Å². The van der Waals surface area contributed by atoms with Crippen LogP contribution in [-0.4, -0.2) is 25.9 Å². The smallest absolute Gasteiger partial charge is 0.190 e. The van der Waals surface area contributed by atoms with Gasteiger partial charge in [-0.2, -0.15) is 0 Å². The molecular weight excluding hydrogens is 403 g/mol. The van der Waals surface area contributed by atoms with Gasteiger partial charge in [0.2, 0.25) is 0 Å². The molecule has 0 aliphatic carbocycles. The Kier molecular flexibility index (Phi) is 12.9. The highest BCUT2D eigenvalue weighted by Crippen LogP contribution is 2.29. The van der Waals surface area contributed by atoms with Crippen molar-refractivity contribution >= 4 is 57.6 Å². The first-order valence-corrected chi connectivity index (χ1v) is 10.3. The van der Waals surface area contributed by atoms with Gasteiger partial charge in [0.25, 0.3) is 0 Å². The highest BCUT2D eigenvalue weighted by molar-refractivity contribution is 14.1. The number of thioether (sulfide) groups is 2. The molecule has 0 unspecified atom stereocenters. The third kappa shape index (κ3) is 8.41. The Morgan fingerprint density at radius 1 is 0.950 bits per heavy atom. The van der Waals surface area contributed by atoms with E-state index in [1.165, 1.54) is 10.8 Å². The lowest BCUT2D eigenvalue weighted by Crippen LogP contribution is -2.04. The average Bonchev–Trinajstić information content (AvgIpc) is 2.47. The van der Waals surface area contributed by atoms with Gasteiger partial charge in [-0.25, -0.2) is 9.97 Å². The Balaban J connectivity index is 0.000000796. The number of hydrogen-bond acceptors (Lipinski definition) is 6. The fourth-order valence-corrected chi connectivity index (χ4v) is 2.58. The van der Waals surface area contributed by atoms with E-state index in [2.05, 4.69) is 53.3 Å². The molecule has 1 rings (SSSR count). The molecule has 20 heavy (non-hydrogen) atoms. The summed E-state index contributed by atoms with van der Waals surface area (Å²) in [4.78, 5) is 8.59. The second-order valence-electron chi connectivity index (χ2n) is 4.00. The van der Waals surface area contributed by atoms with Crippen molar-refractivity contribution in [2.75, 3.05) is 27.4 Å². The zero-order valence-corrected chi connectivity index (χ0v) is 16.3. The van der Waals surface area contributed by atoms with E-state index in [0.29, 0.717) is 11.5 Å². The van der Waals surface area contributed by atoms with Crippen LogP contribution < -0.4 is 11.5 Å². The lowest BCUT2D eigenvalue weighted by atomic mass is 10.5. The van der Waals surface area contributed by atoms with Crippen molar-refractivity contribution < 1.29 is 0 Å². The van der Waals surface area contributed by atoms with Gasteiger partial charge in [0.05, 0.1) is 0 Å². The van der Waals surface area contributed by atoms with Crippen LogP contribution in [0.15, 0.2) is 10.2 Å². The molecule has 7 heteroatoms. The molecule has 0 radical (unpaired) electrons. The topological polar surface area (TPSA) is 77.8 Å². The van der Waals surface area contributed by atoms with Crippen LogP contribution >= 0.6 is 46.1 Å². The van der Waals surface area contributed by atoms with Crippen LogP contribution in [0.2, 0.25) is 0 Å².